The lowest BCUT2D eigenvalue weighted by atomic mass is 10.1. The maximum atomic E-state index is 6.30. The monoisotopic (exact) mass is 385 g/mol. The molecule has 0 spiro atoms. The molecule has 3 aromatic rings. The Morgan fingerprint density at radius 2 is 1.93 bits per heavy atom. The van der Waals surface area contributed by atoms with Gasteiger partial charge in [-0.2, -0.15) is 9.97 Å². The molecule has 0 aliphatic carbocycles. The molecular weight excluding hydrogens is 362 g/mol. The van der Waals surface area contributed by atoms with Crippen molar-refractivity contribution >= 4 is 34.5 Å². The predicted octanol–water partition coefficient (Wildman–Crippen LogP) is 3.73. The second kappa shape index (κ2) is 6.96. The minimum atomic E-state index is -0.134. The second-order valence-electron chi connectivity index (χ2n) is 7.92. The van der Waals surface area contributed by atoms with Crippen molar-refractivity contribution in [2.45, 2.75) is 45.7 Å². The van der Waals surface area contributed by atoms with E-state index in [1.54, 1.807) is 12.5 Å². The Hall–Kier alpha value is -2.41. The van der Waals surface area contributed by atoms with E-state index in [1.807, 2.05) is 16.7 Å². The molecular formula is C19H24ClN7. The van der Waals surface area contributed by atoms with Crippen LogP contribution < -0.4 is 10.2 Å². The molecule has 4 heterocycles. The summed E-state index contributed by atoms with van der Waals surface area (Å²) in [6.45, 7) is 8.81. The van der Waals surface area contributed by atoms with Crippen LogP contribution in [0.25, 0.3) is 11.2 Å². The van der Waals surface area contributed by atoms with Gasteiger partial charge in [0.25, 0.3) is 0 Å². The summed E-state index contributed by atoms with van der Waals surface area (Å²) in [6.07, 6.45) is 5.90. The summed E-state index contributed by atoms with van der Waals surface area (Å²) in [5.41, 5.74) is 2.28. The van der Waals surface area contributed by atoms with E-state index in [0.29, 0.717) is 17.5 Å². The predicted molar refractivity (Wildman–Crippen MR) is 108 cm³/mol. The number of pyridine rings is 1. The molecule has 27 heavy (non-hydrogen) atoms. The standard InChI is InChI=1S/C19H24ClN7/c1-19(2,3)25-18-23-16(26-9-4-5-10-26)15-17(24-18)27(12-22-15)11-14-13(20)7-6-8-21-14/h6-8,12H,4-5,9-11H2,1-3H3,(H,23,24,25). The van der Waals surface area contributed by atoms with E-state index in [9.17, 15) is 0 Å². The Bertz CT molecular complexity index is 954. The topological polar surface area (TPSA) is 71.8 Å². The van der Waals surface area contributed by atoms with Crippen molar-refractivity contribution in [3.05, 3.63) is 35.4 Å². The van der Waals surface area contributed by atoms with Crippen LogP contribution in [0.4, 0.5) is 11.8 Å². The first-order chi connectivity index (χ1) is 12.9. The van der Waals surface area contributed by atoms with E-state index in [0.717, 1.165) is 35.8 Å². The molecule has 0 aromatic carbocycles. The first kappa shape index (κ1) is 18.0. The van der Waals surface area contributed by atoms with Crippen molar-refractivity contribution in [3.8, 4) is 0 Å². The molecule has 0 radical (unpaired) electrons. The molecule has 0 amide bonds. The molecule has 142 valence electrons. The van der Waals surface area contributed by atoms with Crippen LogP contribution in [0.2, 0.25) is 5.02 Å². The number of aromatic nitrogens is 5. The van der Waals surface area contributed by atoms with E-state index < -0.39 is 0 Å². The van der Waals surface area contributed by atoms with Crippen molar-refractivity contribution < 1.29 is 0 Å². The summed E-state index contributed by atoms with van der Waals surface area (Å²) < 4.78 is 1.98. The van der Waals surface area contributed by atoms with Crippen molar-refractivity contribution in [1.29, 1.82) is 0 Å². The van der Waals surface area contributed by atoms with Crippen LogP contribution in [0.3, 0.4) is 0 Å². The molecule has 7 nitrogen and oxygen atoms in total. The Balaban J connectivity index is 1.80. The Morgan fingerprint density at radius 3 is 2.63 bits per heavy atom. The highest BCUT2D eigenvalue weighted by Gasteiger charge is 2.23. The highest BCUT2D eigenvalue weighted by atomic mass is 35.5. The number of halogens is 1. The zero-order valence-electron chi connectivity index (χ0n) is 15.9. The first-order valence-electron chi connectivity index (χ1n) is 9.26. The van der Waals surface area contributed by atoms with Gasteiger partial charge in [0.1, 0.15) is 0 Å². The normalized spacial score (nSPS) is 14.9. The Morgan fingerprint density at radius 1 is 1.15 bits per heavy atom. The fourth-order valence-corrected chi connectivity index (χ4v) is 3.46. The van der Waals surface area contributed by atoms with Gasteiger partial charge in [0, 0.05) is 24.8 Å². The van der Waals surface area contributed by atoms with Gasteiger partial charge in [-0.05, 0) is 45.7 Å². The van der Waals surface area contributed by atoms with Crippen LogP contribution in [0.1, 0.15) is 39.3 Å². The molecule has 8 heteroatoms. The number of hydrogen-bond donors (Lipinski definition) is 1. The fraction of sp³-hybridized carbons (Fsp3) is 0.474. The van der Waals surface area contributed by atoms with Gasteiger partial charge in [0.15, 0.2) is 17.0 Å². The van der Waals surface area contributed by atoms with E-state index in [2.05, 4.69) is 41.0 Å². The summed E-state index contributed by atoms with van der Waals surface area (Å²) in [7, 11) is 0. The Labute approximate surface area is 163 Å². The number of anilines is 2. The summed E-state index contributed by atoms with van der Waals surface area (Å²) >= 11 is 6.30. The van der Waals surface area contributed by atoms with E-state index in [4.69, 9.17) is 21.6 Å². The average molecular weight is 386 g/mol. The molecule has 1 N–H and O–H groups in total. The maximum Gasteiger partial charge on any atom is 0.227 e. The van der Waals surface area contributed by atoms with Gasteiger partial charge in [-0.15, -0.1) is 0 Å². The third kappa shape index (κ3) is 3.83. The number of hydrogen-bond acceptors (Lipinski definition) is 6. The molecule has 4 rings (SSSR count). The summed E-state index contributed by atoms with van der Waals surface area (Å²) in [5.74, 6) is 1.51. The lowest BCUT2D eigenvalue weighted by molar-refractivity contribution is 0.626. The minimum Gasteiger partial charge on any atom is -0.355 e. The molecule has 1 aliphatic rings. The highest BCUT2D eigenvalue weighted by molar-refractivity contribution is 6.31. The molecule has 3 aromatic heterocycles. The zero-order valence-corrected chi connectivity index (χ0v) is 16.7. The summed E-state index contributed by atoms with van der Waals surface area (Å²) in [5, 5.41) is 4.04. The number of rotatable bonds is 4. The lowest BCUT2D eigenvalue weighted by Gasteiger charge is -2.23. The van der Waals surface area contributed by atoms with E-state index >= 15 is 0 Å². The SMILES string of the molecule is CC(C)(C)Nc1nc(N2CCCC2)c2ncn(Cc3ncccc3Cl)c2n1. The van der Waals surface area contributed by atoms with E-state index in [1.165, 1.54) is 12.8 Å². The highest BCUT2D eigenvalue weighted by Crippen LogP contribution is 2.28. The summed E-state index contributed by atoms with van der Waals surface area (Å²) in [4.78, 5) is 20.9. The molecule has 0 atom stereocenters. The van der Waals surface area contributed by atoms with Crippen molar-refractivity contribution in [2.75, 3.05) is 23.3 Å². The van der Waals surface area contributed by atoms with Crippen molar-refractivity contribution in [2.24, 2.45) is 0 Å². The molecule has 1 aliphatic heterocycles. The third-order valence-electron chi connectivity index (χ3n) is 4.49. The summed E-state index contributed by atoms with van der Waals surface area (Å²) in [6, 6.07) is 3.68. The van der Waals surface area contributed by atoms with Crippen molar-refractivity contribution in [1.82, 2.24) is 24.5 Å². The molecule has 1 saturated heterocycles. The van der Waals surface area contributed by atoms with E-state index in [-0.39, 0.29) is 5.54 Å². The quantitative estimate of drug-likeness (QED) is 0.737. The maximum absolute atomic E-state index is 6.30. The fourth-order valence-electron chi connectivity index (χ4n) is 3.28. The molecule has 1 fully saturated rings. The number of imidazole rings is 1. The number of fused-ring (bicyclic) bond motifs is 1. The van der Waals surface area contributed by atoms with Gasteiger partial charge in [0.2, 0.25) is 5.95 Å². The van der Waals surface area contributed by atoms with Crippen LogP contribution >= 0.6 is 11.6 Å². The Kier molecular flexibility index (Phi) is 4.63. The largest absolute Gasteiger partial charge is 0.355 e. The van der Waals surface area contributed by atoms with Gasteiger partial charge in [-0.25, -0.2) is 4.98 Å². The lowest BCUT2D eigenvalue weighted by Crippen LogP contribution is -2.28. The number of nitrogens with zero attached hydrogens (tertiary/aromatic N) is 6. The van der Waals surface area contributed by atoms with Crippen LogP contribution in [0.15, 0.2) is 24.7 Å². The van der Waals surface area contributed by atoms with Gasteiger partial charge in [0.05, 0.1) is 23.6 Å². The van der Waals surface area contributed by atoms with Gasteiger partial charge < -0.3 is 14.8 Å². The van der Waals surface area contributed by atoms with Crippen molar-refractivity contribution in [3.63, 3.8) is 0 Å². The first-order valence-corrected chi connectivity index (χ1v) is 9.64. The van der Waals surface area contributed by atoms with Gasteiger partial charge >= 0.3 is 0 Å². The van der Waals surface area contributed by atoms with Crippen LogP contribution in [0, 0.1) is 0 Å². The second-order valence-corrected chi connectivity index (χ2v) is 8.32. The van der Waals surface area contributed by atoms with Gasteiger partial charge in [-0.3, -0.25) is 4.98 Å². The molecule has 0 bridgehead atoms. The zero-order chi connectivity index (χ0) is 19.0. The minimum absolute atomic E-state index is 0.134. The molecule has 0 unspecified atom stereocenters. The molecule has 0 saturated carbocycles. The van der Waals surface area contributed by atoms with Crippen LogP contribution in [-0.4, -0.2) is 43.1 Å². The smallest absolute Gasteiger partial charge is 0.227 e. The third-order valence-corrected chi connectivity index (χ3v) is 4.84. The van der Waals surface area contributed by atoms with Gasteiger partial charge in [-0.1, -0.05) is 11.6 Å². The van der Waals surface area contributed by atoms with Crippen LogP contribution in [-0.2, 0) is 6.54 Å². The number of nitrogens with one attached hydrogen (secondary N) is 1. The van der Waals surface area contributed by atoms with Crippen LogP contribution in [0.5, 0.6) is 0 Å². The average Bonchev–Trinajstić information content (AvgIpc) is 3.25.